The second-order valence-electron chi connectivity index (χ2n) is 5.42. The predicted molar refractivity (Wildman–Crippen MR) is 79.3 cm³/mol. The van der Waals surface area contributed by atoms with Crippen molar-refractivity contribution in [3.05, 3.63) is 42.6 Å². The maximum atomic E-state index is 12.3. The summed E-state index contributed by atoms with van der Waals surface area (Å²) in [6, 6.07) is 3.79. The molecule has 1 fully saturated rings. The van der Waals surface area contributed by atoms with Gasteiger partial charge in [0.15, 0.2) is 0 Å². The molecule has 1 aliphatic heterocycles. The van der Waals surface area contributed by atoms with Crippen molar-refractivity contribution in [1.29, 1.82) is 0 Å². The number of carbonyl (C=O) groups excluding carboxylic acids is 1. The van der Waals surface area contributed by atoms with Crippen LogP contribution < -0.4 is 5.32 Å². The summed E-state index contributed by atoms with van der Waals surface area (Å²) in [5, 5.41) is 3.11. The van der Waals surface area contributed by atoms with E-state index in [0.717, 1.165) is 25.9 Å². The Balaban J connectivity index is 1.69. The highest BCUT2D eigenvalue weighted by Crippen LogP contribution is 2.11. The van der Waals surface area contributed by atoms with E-state index >= 15 is 0 Å². The first-order valence-corrected chi connectivity index (χ1v) is 7.16. The van der Waals surface area contributed by atoms with Gasteiger partial charge in [-0.05, 0) is 45.1 Å². The van der Waals surface area contributed by atoms with E-state index in [9.17, 15) is 4.79 Å². The first-order valence-electron chi connectivity index (χ1n) is 7.16. The van der Waals surface area contributed by atoms with Crippen molar-refractivity contribution < 1.29 is 4.79 Å². The summed E-state index contributed by atoms with van der Waals surface area (Å²) >= 11 is 0. The van der Waals surface area contributed by atoms with Crippen LogP contribution in [0.2, 0.25) is 0 Å². The van der Waals surface area contributed by atoms with Gasteiger partial charge in [0.1, 0.15) is 12.1 Å². The molecule has 0 atom stereocenters. The highest BCUT2D eigenvalue weighted by molar-refractivity contribution is 5.94. The zero-order valence-electron chi connectivity index (χ0n) is 12.1. The van der Waals surface area contributed by atoms with Crippen LogP contribution in [0.1, 0.15) is 23.2 Å². The fraction of sp³-hybridized carbons (Fsp3) is 0.400. The van der Waals surface area contributed by atoms with Gasteiger partial charge in [-0.25, -0.2) is 9.97 Å². The molecule has 21 heavy (non-hydrogen) atoms. The predicted octanol–water partition coefficient (Wildman–Crippen LogP) is 1.09. The first kappa shape index (κ1) is 13.8. The highest BCUT2D eigenvalue weighted by Gasteiger charge is 2.19. The van der Waals surface area contributed by atoms with Crippen molar-refractivity contribution in [2.75, 3.05) is 20.1 Å². The topological polar surface area (TPSA) is 63.1 Å². The van der Waals surface area contributed by atoms with Crippen molar-refractivity contribution in [3.63, 3.8) is 0 Å². The van der Waals surface area contributed by atoms with Gasteiger partial charge < -0.3 is 10.2 Å². The molecular formula is C15H19N5O. The van der Waals surface area contributed by atoms with Crippen molar-refractivity contribution in [3.8, 4) is 5.82 Å². The number of imidazole rings is 1. The van der Waals surface area contributed by atoms with Gasteiger partial charge in [-0.2, -0.15) is 0 Å². The molecule has 0 radical (unpaired) electrons. The highest BCUT2D eigenvalue weighted by atomic mass is 16.1. The summed E-state index contributed by atoms with van der Waals surface area (Å²) in [6.07, 6.45) is 8.82. The maximum absolute atomic E-state index is 12.3. The molecule has 2 aromatic heterocycles. The number of piperidine rings is 1. The summed E-state index contributed by atoms with van der Waals surface area (Å²) < 4.78 is 1.78. The van der Waals surface area contributed by atoms with Gasteiger partial charge in [0.25, 0.3) is 5.91 Å². The van der Waals surface area contributed by atoms with Crippen LogP contribution in [0, 0.1) is 0 Å². The minimum atomic E-state index is -0.0340. The van der Waals surface area contributed by atoms with Gasteiger partial charge in [0.05, 0.1) is 0 Å². The zero-order valence-corrected chi connectivity index (χ0v) is 12.1. The first-order chi connectivity index (χ1) is 10.2. The fourth-order valence-corrected chi connectivity index (χ4v) is 2.52. The molecule has 6 heteroatoms. The number of amides is 1. The lowest BCUT2D eigenvalue weighted by molar-refractivity contribution is 0.0916. The van der Waals surface area contributed by atoms with Crippen molar-refractivity contribution in [2.45, 2.75) is 18.9 Å². The molecule has 2 aromatic rings. The van der Waals surface area contributed by atoms with Crippen LogP contribution in [0.4, 0.5) is 0 Å². The van der Waals surface area contributed by atoms with E-state index in [0.29, 0.717) is 11.4 Å². The number of pyridine rings is 1. The van der Waals surface area contributed by atoms with E-state index in [4.69, 9.17) is 0 Å². The molecule has 110 valence electrons. The molecule has 0 unspecified atom stereocenters. The van der Waals surface area contributed by atoms with Crippen LogP contribution in [-0.4, -0.2) is 51.5 Å². The average molecular weight is 285 g/mol. The SMILES string of the molecule is CN1CCC(NC(=O)c2ccnc(-n3ccnc3)c2)CC1. The molecule has 3 rings (SSSR count). The Bertz CT molecular complexity index is 602. The third-order valence-corrected chi connectivity index (χ3v) is 3.83. The Kier molecular flexibility index (Phi) is 3.96. The number of nitrogens with one attached hydrogen (secondary N) is 1. The van der Waals surface area contributed by atoms with Crippen LogP contribution in [0.3, 0.4) is 0 Å². The lowest BCUT2D eigenvalue weighted by Crippen LogP contribution is -2.43. The van der Waals surface area contributed by atoms with Crippen LogP contribution in [0.5, 0.6) is 0 Å². The quantitative estimate of drug-likeness (QED) is 0.917. The van der Waals surface area contributed by atoms with Crippen molar-refractivity contribution >= 4 is 5.91 Å². The number of nitrogens with zero attached hydrogens (tertiary/aromatic N) is 4. The van der Waals surface area contributed by atoms with Crippen LogP contribution in [0.25, 0.3) is 5.82 Å². The van der Waals surface area contributed by atoms with Crippen LogP contribution in [0.15, 0.2) is 37.1 Å². The van der Waals surface area contributed by atoms with Gasteiger partial charge in [0.2, 0.25) is 0 Å². The number of aromatic nitrogens is 3. The molecule has 0 bridgehead atoms. The average Bonchev–Trinajstić information content (AvgIpc) is 3.04. The normalized spacial score (nSPS) is 16.8. The van der Waals surface area contributed by atoms with Gasteiger partial charge in [-0.3, -0.25) is 9.36 Å². The molecular weight excluding hydrogens is 266 g/mol. The Morgan fingerprint density at radius 2 is 2.14 bits per heavy atom. The Morgan fingerprint density at radius 3 is 2.86 bits per heavy atom. The summed E-state index contributed by atoms with van der Waals surface area (Å²) in [6.45, 7) is 2.06. The molecule has 3 heterocycles. The van der Waals surface area contributed by atoms with Gasteiger partial charge in [-0.1, -0.05) is 0 Å². The number of hydrogen-bond donors (Lipinski definition) is 1. The zero-order chi connectivity index (χ0) is 14.7. The van der Waals surface area contributed by atoms with E-state index in [1.807, 2.05) is 0 Å². The van der Waals surface area contributed by atoms with Crippen LogP contribution >= 0.6 is 0 Å². The molecule has 6 nitrogen and oxygen atoms in total. The molecule has 0 aliphatic carbocycles. The lowest BCUT2D eigenvalue weighted by atomic mass is 10.1. The number of carbonyl (C=O) groups is 1. The molecule has 1 N–H and O–H groups in total. The Morgan fingerprint density at radius 1 is 1.33 bits per heavy atom. The molecule has 1 saturated heterocycles. The van der Waals surface area contributed by atoms with Crippen molar-refractivity contribution in [2.24, 2.45) is 0 Å². The number of likely N-dealkylation sites (tertiary alicyclic amines) is 1. The molecule has 0 aromatic carbocycles. The summed E-state index contributed by atoms with van der Waals surface area (Å²) in [5.41, 5.74) is 0.632. The summed E-state index contributed by atoms with van der Waals surface area (Å²) in [4.78, 5) is 22.9. The molecule has 0 saturated carbocycles. The van der Waals surface area contributed by atoms with Crippen LogP contribution in [-0.2, 0) is 0 Å². The fourth-order valence-electron chi connectivity index (χ4n) is 2.52. The third-order valence-electron chi connectivity index (χ3n) is 3.83. The second kappa shape index (κ2) is 6.05. The minimum Gasteiger partial charge on any atom is -0.349 e. The standard InChI is InChI=1S/C15H19N5O/c1-19-7-3-13(4-8-19)18-15(21)12-2-5-17-14(10-12)20-9-6-16-11-20/h2,5-6,9-11,13H,3-4,7-8H2,1H3,(H,18,21). The van der Waals surface area contributed by atoms with Crippen molar-refractivity contribution in [1.82, 2.24) is 24.8 Å². The number of hydrogen-bond acceptors (Lipinski definition) is 4. The molecule has 0 spiro atoms. The Labute approximate surface area is 123 Å². The third kappa shape index (κ3) is 3.28. The Hall–Kier alpha value is -2.21. The minimum absolute atomic E-state index is 0.0340. The van der Waals surface area contributed by atoms with Gasteiger partial charge >= 0.3 is 0 Å². The summed E-state index contributed by atoms with van der Waals surface area (Å²) in [5.74, 6) is 0.664. The van der Waals surface area contributed by atoms with E-state index in [-0.39, 0.29) is 11.9 Å². The maximum Gasteiger partial charge on any atom is 0.251 e. The number of rotatable bonds is 3. The molecule has 1 aliphatic rings. The lowest BCUT2D eigenvalue weighted by Gasteiger charge is -2.29. The van der Waals surface area contributed by atoms with E-state index in [2.05, 4.69) is 27.2 Å². The van der Waals surface area contributed by atoms with Gasteiger partial charge in [0, 0.05) is 30.2 Å². The monoisotopic (exact) mass is 285 g/mol. The van der Waals surface area contributed by atoms with E-state index in [1.54, 1.807) is 41.6 Å². The van der Waals surface area contributed by atoms with Gasteiger partial charge in [-0.15, -0.1) is 0 Å². The molecule has 1 amide bonds. The smallest absolute Gasteiger partial charge is 0.251 e. The second-order valence-corrected chi connectivity index (χ2v) is 5.42. The largest absolute Gasteiger partial charge is 0.349 e. The van der Waals surface area contributed by atoms with E-state index in [1.165, 1.54) is 0 Å². The van der Waals surface area contributed by atoms with E-state index < -0.39 is 0 Å². The summed E-state index contributed by atoms with van der Waals surface area (Å²) in [7, 11) is 2.11.